The number of fused-ring (bicyclic) bond motifs is 20. The highest BCUT2D eigenvalue weighted by molar-refractivity contribution is 6.00. The molecule has 15 aromatic carbocycles. The Labute approximate surface area is 555 Å². The zero-order chi connectivity index (χ0) is 62.8. The second-order valence-corrected chi connectivity index (χ2v) is 25.9. The van der Waals surface area contributed by atoms with E-state index < -0.39 is 10.8 Å². The van der Waals surface area contributed by atoms with E-state index in [1.165, 1.54) is 122 Å². The van der Waals surface area contributed by atoms with E-state index in [2.05, 4.69) is 375 Å². The Hall–Kier alpha value is -12.1. The van der Waals surface area contributed by atoms with E-state index in [9.17, 15) is 0 Å². The van der Waals surface area contributed by atoms with Gasteiger partial charge in [0.2, 0.25) is 0 Å². The van der Waals surface area contributed by atoms with Crippen LogP contribution in [0.25, 0.3) is 89.0 Å². The largest absolute Gasteiger partial charge is 0.310 e. The van der Waals surface area contributed by atoms with Gasteiger partial charge in [-0.25, -0.2) is 0 Å². The third-order valence-electron chi connectivity index (χ3n) is 21.0. The fraction of sp³-hybridized carbons (Fsp3) is 0.0323. The average Bonchev–Trinajstić information content (AvgIpc) is 1.52. The van der Waals surface area contributed by atoms with Gasteiger partial charge >= 0.3 is 0 Å². The van der Waals surface area contributed by atoms with Gasteiger partial charge in [-0.3, -0.25) is 0 Å². The minimum Gasteiger partial charge on any atom is -0.310 e. The van der Waals surface area contributed by atoms with Gasteiger partial charge in [-0.05, 0) is 214 Å². The molecule has 95 heavy (non-hydrogen) atoms. The van der Waals surface area contributed by atoms with E-state index in [-0.39, 0.29) is 0 Å². The number of aryl methyl sites for hydroxylation is 1. The van der Waals surface area contributed by atoms with Gasteiger partial charge in [0.15, 0.2) is 0 Å². The maximum atomic E-state index is 2.53. The van der Waals surface area contributed by atoms with Crippen LogP contribution in [0.3, 0.4) is 0 Å². The summed E-state index contributed by atoms with van der Waals surface area (Å²) < 4.78 is 0. The topological polar surface area (TPSA) is 6.48 Å². The van der Waals surface area contributed by atoms with Crippen LogP contribution in [-0.4, -0.2) is 0 Å². The predicted molar refractivity (Wildman–Crippen MR) is 395 cm³/mol. The summed E-state index contributed by atoms with van der Waals surface area (Å²) in [4.78, 5) is 4.93. The van der Waals surface area contributed by atoms with Crippen molar-refractivity contribution in [2.45, 2.75) is 17.8 Å². The highest BCUT2D eigenvalue weighted by atomic mass is 15.1. The number of nitrogens with zero attached hydrogens (tertiary/aromatic N) is 2. The van der Waals surface area contributed by atoms with E-state index in [0.717, 1.165) is 50.8 Å². The fourth-order valence-corrected chi connectivity index (χ4v) is 16.9. The van der Waals surface area contributed by atoms with Crippen LogP contribution in [0.2, 0.25) is 0 Å². The molecule has 0 aromatic heterocycles. The SMILES string of the molecule is Cc1ccc(N(c2ccc3c(c2)C2(c4ccccc4-c4ccccc42)c2ccccc2-3)c2ccccc2-c2cccc(-c3ccc4c(c3)C3(c5ccccc5-c5ccccc53)c3cc(N(c5ccc(-c6ccccc6)cc5)c5ccc(-c6ccccc6)cc5)ccc3-4)c2)cc1. The summed E-state index contributed by atoms with van der Waals surface area (Å²) in [6.45, 7) is 2.17. The van der Waals surface area contributed by atoms with Crippen molar-refractivity contribution in [2.75, 3.05) is 9.80 Å². The highest BCUT2D eigenvalue weighted by Gasteiger charge is 2.53. The lowest BCUT2D eigenvalue weighted by atomic mass is 9.70. The van der Waals surface area contributed by atoms with Crippen molar-refractivity contribution in [1.29, 1.82) is 0 Å². The summed E-state index contributed by atoms with van der Waals surface area (Å²) in [6.07, 6.45) is 0. The maximum absolute atomic E-state index is 2.53. The van der Waals surface area contributed by atoms with Gasteiger partial charge in [0.05, 0.1) is 16.5 Å². The molecule has 0 unspecified atom stereocenters. The molecule has 2 nitrogen and oxygen atoms in total. The number of rotatable bonds is 10. The molecule has 0 heterocycles. The van der Waals surface area contributed by atoms with Crippen LogP contribution in [0.1, 0.15) is 50.1 Å². The minimum atomic E-state index is -0.610. The summed E-state index contributed by atoms with van der Waals surface area (Å²) in [6, 6.07) is 134. The lowest BCUT2D eigenvalue weighted by molar-refractivity contribution is 0.793. The summed E-state index contributed by atoms with van der Waals surface area (Å²) >= 11 is 0. The first-order valence-corrected chi connectivity index (χ1v) is 33.1. The number of anilines is 6. The molecule has 0 saturated heterocycles. The summed E-state index contributed by atoms with van der Waals surface area (Å²) in [5.41, 5.74) is 36.9. The number of hydrogen-bond acceptors (Lipinski definition) is 2. The van der Waals surface area contributed by atoms with Gasteiger partial charge < -0.3 is 9.80 Å². The minimum absolute atomic E-state index is 0.477. The lowest BCUT2D eigenvalue weighted by Gasteiger charge is -2.33. The molecule has 0 atom stereocenters. The Balaban J connectivity index is 0.753. The van der Waals surface area contributed by atoms with Gasteiger partial charge in [-0.1, -0.05) is 285 Å². The van der Waals surface area contributed by atoms with Gasteiger partial charge in [-0.2, -0.15) is 0 Å². The molecule has 0 fully saturated rings. The van der Waals surface area contributed by atoms with Crippen molar-refractivity contribution in [3.63, 3.8) is 0 Å². The molecule has 4 aliphatic carbocycles. The quantitative estimate of drug-likeness (QED) is 0.135. The van der Waals surface area contributed by atoms with E-state index in [4.69, 9.17) is 0 Å². The van der Waals surface area contributed by atoms with Crippen molar-refractivity contribution in [3.8, 4) is 89.0 Å². The second kappa shape index (κ2) is 21.5. The first kappa shape index (κ1) is 54.6. The molecule has 0 saturated carbocycles. The molecule has 2 spiro atoms. The molecule has 0 amide bonds. The van der Waals surface area contributed by atoms with Gasteiger partial charge in [0.25, 0.3) is 0 Å². The molecular formula is C93H62N2. The molecule has 0 N–H and O–H groups in total. The molecule has 4 aliphatic rings. The van der Waals surface area contributed by atoms with Crippen LogP contribution in [0.4, 0.5) is 34.1 Å². The molecule has 444 valence electrons. The Morgan fingerprint density at radius 1 is 0.179 bits per heavy atom. The van der Waals surface area contributed by atoms with E-state index in [0.29, 0.717) is 0 Å². The Morgan fingerprint density at radius 2 is 0.474 bits per heavy atom. The van der Waals surface area contributed by atoms with E-state index in [1.807, 2.05) is 0 Å². The molecule has 0 aliphatic heterocycles. The summed E-state index contributed by atoms with van der Waals surface area (Å²) in [7, 11) is 0. The number of benzene rings is 15. The van der Waals surface area contributed by atoms with Crippen molar-refractivity contribution in [1.82, 2.24) is 0 Å². The Bertz CT molecular complexity index is 5360. The number of hydrogen-bond donors (Lipinski definition) is 0. The van der Waals surface area contributed by atoms with Crippen LogP contribution >= 0.6 is 0 Å². The van der Waals surface area contributed by atoms with Crippen molar-refractivity contribution in [3.05, 3.63) is 408 Å². The van der Waals surface area contributed by atoms with Crippen molar-refractivity contribution in [2.24, 2.45) is 0 Å². The lowest BCUT2D eigenvalue weighted by Crippen LogP contribution is -2.26. The second-order valence-electron chi connectivity index (χ2n) is 25.9. The Morgan fingerprint density at radius 3 is 0.947 bits per heavy atom. The standard InChI is InChI=1S/C93H62N2/c1-61-39-46-71(47-40-61)95(73-53-56-81-79-32-12-16-35-85(79)92(89(81)60-73)83-33-14-8-28-75(83)76-29-9-15-34-84(76)92)91-38-19-13-27-74(91)68-26-20-25-66(57-68)67-45-54-80-82-55-52-72(59-90(82)93(88(80)58-67)86-36-17-10-30-77(86)78-31-11-18-37-87(78)93)94(69-48-41-64(42-49-69)62-21-4-2-5-22-62)70-50-43-65(44-51-70)63-23-6-3-7-24-63/h2-60H,1H3. The number of para-hydroxylation sites is 1. The predicted octanol–water partition coefficient (Wildman–Crippen LogP) is 24.3. The average molecular weight is 1210 g/mol. The summed E-state index contributed by atoms with van der Waals surface area (Å²) in [5.74, 6) is 0. The van der Waals surface area contributed by atoms with Gasteiger partial charge in [0, 0.05) is 34.0 Å². The molecule has 0 bridgehead atoms. The summed E-state index contributed by atoms with van der Waals surface area (Å²) in [5, 5.41) is 0. The van der Waals surface area contributed by atoms with Crippen LogP contribution in [-0.2, 0) is 10.8 Å². The first-order chi connectivity index (χ1) is 47.0. The molecule has 0 radical (unpaired) electrons. The molecule has 2 heteroatoms. The zero-order valence-electron chi connectivity index (χ0n) is 52.5. The zero-order valence-corrected chi connectivity index (χ0v) is 52.5. The van der Waals surface area contributed by atoms with E-state index in [1.54, 1.807) is 0 Å². The molecular weight excluding hydrogens is 1150 g/mol. The smallest absolute Gasteiger partial charge is 0.0726 e. The first-order valence-electron chi connectivity index (χ1n) is 33.1. The molecule has 19 rings (SSSR count). The third-order valence-corrected chi connectivity index (χ3v) is 21.0. The highest BCUT2D eigenvalue weighted by Crippen LogP contribution is 2.66. The van der Waals surface area contributed by atoms with Gasteiger partial charge in [-0.15, -0.1) is 0 Å². The van der Waals surface area contributed by atoms with Crippen LogP contribution < -0.4 is 9.80 Å². The Kier molecular flexibility index (Phi) is 12.4. The van der Waals surface area contributed by atoms with Gasteiger partial charge in [0.1, 0.15) is 0 Å². The van der Waals surface area contributed by atoms with E-state index >= 15 is 0 Å². The van der Waals surface area contributed by atoms with Crippen LogP contribution in [0, 0.1) is 6.92 Å². The fourth-order valence-electron chi connectivity index (χ4n) is 16.9. The maximum Gasteiger partial charge on any atom is 0.0726 e. The third kappa shape index (κ3) is 8.17. The van der Waals surface area contributed by atoms with Crippen molar-refractivity contribution < 1.29 is 0 Å². The monoisotopic (exact) mass is 1210 g/mol. The normalized spacial score (nSPS) is 13.3. The van der Waals surface area contributed by atoms with Crippen molar-refractivity contribution >= 4 is 34.1 Å². The van der Waals surface area contributed by atoms with Crippen LogP contribution in [0.15, 0.2) is 358 Å². The molecule has 15 aromatic rings. The van der Waals surface area contributed by atoms with Crippen LogP contribution in [0.5, 0.6) is 0 Å².